The predicted molar refractivity (Wildman–Crippen MR) is 96.3 cm³/mol. The molecule has 5 nitrogen and oxygen atoms in total. The minimum atomic E-state index is -0.504. The van der Waals surface area contributed by atoms with Gasteiger partial charge in [-0.25, -0.2) is 0 Å². The van der Waals surface area contributed by atoms with Crippen molar-refractivity contribution < 1.29 is 14.3 Å². The van der Waals surface area contributed by atoms with E-state index in [1.54, 1.807) is 16.7 Å². The second-order valence-electron chi connectivity index (χ2n) is 6.23. The van der Waals surface area contributed by atoms with Crippen LogP contribution in [0.3, 0.4) is 0 Å². The molecule has 1 aromatic carbocycles. The van der Waals surface area contributed by atoms with Crippen LogP contribution in [-0.2, 0) is 14.3 Å². The van der Waals surface area contributed by atoms with Gasteiger partial charge in [0.25, 0.3) is 0 Å². The molecule has 0 aromatic heterocycles. The molecule has 24 heavy (non-hydrogen) atoms. The van der Waals surface area contributed by atoms with E-state index in [0.29, 0.717) is 38.0 Å². The lowest BCUT2D eigenvalue weighted by Crippen LogP contribution is -2.52. The Bertz CT molecular complexity index is 554. The Morgan fingerprint density at radius 1 is 1.21 bits per heavy atom. The van der Waals surface area contributed by atoms with Gasteiger partial charge in [0.05, 0.1) is 13.2 Å². The Labute approximate surface area is 148 Å². The lowest BCUT2D eigenvalue weighted by atomic mass is 10.0. The first kappa shape index (κ1) is 18.8. The van der Waals surface area contributed by atoms with Gasteiger partial charge in [-0.05, 0) is 23.6 Å². The molecule has 1 aliphatic heterocycles. The largest absolute Gasteiger partial charge is 0.378 e. The van der Waals surface area contributed by atoms with Crippen molar-refractivity contribution in [3.8, 4) is 0 Å². The van der Waals surface area contributed by atoms with Crippen LogP contribution < -0.4 is 5.32 Å². The molecule has 1 atom stereocenters. The molecular formula is C18H26N2O3S. The quantitative estimate of drug-likeness (QED) is 0.800. The van der Waals surface area contributed by atoms with Crippen LogP contribution in [0.5, 0.6) is 0 Å². The van der Waals surface area contributed by atoms with E-state index in [1.165, 1.54) is 12.5 Å². The van der Waals surface area contributed by atoms with Crippen molar-refractivity contribution in [1.29, 1.82) is 0 Å². The maximum Gasteiger partial charge on any atom is 0.246 e. The molecule has 1 aromatic rings. The highest BCUT2D eigenvalue weighted by Gasteiger charge is 2.26. The summed E-state index contributed by atoms with van der Waals surface area (Å²) in [6.07, 6.45) is 0. The fourth-order valence-electron chi connectivity index (χ4n) is 2.55. The maximum absolute atomic E-state index is 12.6. The molecule has 1 fully saturated rings. The smallest absolute Gasteiger partial charge is 0.246 e. The van der Waals surface area contributed by atoms with E-state index in [0.717, 1.165) is 4.90 Å². The van der Waals surface area contributed by atoms with Crippen LogP contribution in [0, 0.1) is 0 Å². The SMILES string of the molecule is CC(=O)NC(CSc1ccc(C(C)C)cc1)C(=O)N1CCOCC1. The number of hydrogen-bond acceptors (Lipinski definition) is 4. The molecule has 1 unspecified atom stereocenters. The molecule has 1 aliphatic rings. The van der Waals surface area contributed by atoms with Crippen molar-refractivity contribution in [2.75, 3.05) is 32.1 Å². The van der Waals surface area contributed by atoms with Crippen molar-refractivity contribution in [3.05, 3.63) is 29.8 Å². The van der Waals surface area contributed by atoms with Crippen molar-refractivity contribution in [3.63, 3.8) is 0 Å². The van der Waals surface area contributed by atoms with E-state index in [1.807, 2.05) is 0 Å². The maximum atomic E-state index is 12.6. The van der Waals surface area contributed by atoms with Crippen LogP contribution in [0.25, 0.3) is 0 Å². The molecule has 1 N–H and O–H groups in total. The van der Waals surface area contributed by atoms with Crippen LogP contribution >= 0.6 is 11.8 Å². The minimum absolute atomic E-state index is 0.0280. The molecule has 0 bridgehead atoms. The third-order valence-electron chi connectivity index (χ3n) is 3.96. The number of carbonyl (C=O) groups excluding carboxylic acids is 2. The number of benzene rings is 1. The summed E-state index contributed by atoms with van der Waals surface area (Å²) in [5.74, 6) is 0.813. The number of nitrogens with zero attached hydrogens (tertiary/aromatic N) is 1. The summed E-state index contributed by atoms with van der Waals surface area (Å²) in [6, 6.07) is 7.87. The van der Waals surface area contributed by atoms with Gasteiger partial charge in [-0.1, -0.05) is 26.0 Å². The first-order valence-corrected chi connectivity index (χ1v) is 9.32. The Balaban J connectivity index is 1.97. The molecule has 132 valence electrons. The standard InChI is InChI=1S/C18H26N2O3S/c1-13(2)15-4-6-16(7-5-15)24-12-17(19-14(3)21)18(22)20-8-10-23-11-9-20/h4-7,13,17H,8-12H2,1-3H3,(H,19,21). The predicted octanol–water partition coefficient (Wildman–Crippen LogP) is 2.27. The third kappa shape index (κ3) is 5.53. The number of nitrogens with one attached hydrogen (secondary N) is 1. The van der Waals surface area contributed by atoms with Gasteiger partial charge in [0.15, 0.2) is 0 Å². The average Bonchev–Trinajstić information content (AvgIpc) is 2.58. The second-order valence-corrected chi connectivity index (χ2v) is 7.32. The van der Waals surface area contributed by atoms with Crippen molar-refractivity contribution in [2.45, 2.75) is 37.6 Å². The molecule has 2 amide bonds. The molecule has 0 spiro atoms. The highest BCUT2D eigenvalue weighted by atomic mass is 32.2. The Morgan fingerprint density at radius 3 is 2.38 bits per heavy atom. The van der Waals surface area contributed by atoms with Crippen molar-refractivity contribution >= 4 is 23.6 Å². The summed E-state index contributed by atoms with van der Waals surface area (Å²) in [5, 5.41) is 2.79. The van der Waals surface area contributed by atoms with E-state index in [9.17, 15) is 9.59 Å². The summed E-state index contributed by atoms with van der Waals surface area (Å²) in [6.45, 7) is 8.06. The summed E-state index contributed by atoms with van der Waals surface area (Å²) in [7, 11) is 0. The second kappa shape index (κ2) is 9.08. The van der Waals surface area contributed by atoms with Gasteiger partial charge in [-0.15, -0.1) is 11.8 Å². The van der Waals surface area contributed by atoms with Crippen molar-refractivity contribution in [2.24, 2.45) is 0 Å². The fraction of sp³-hybridized carbons (Fsp3) is 0.556. The Kier molecular flexibility index (Phi) is 7.12. The first-order valence-electron chi connectivity index (χ1n) is 8.33. The summed E-state index contributed by atoms with van der Waals surface area (Å²) >= 11 is 1.59. The van der Waals surface area contributed by atoms with Gasteiger partial charge in [-0.3, -0.25) is 9.59 Å². The number of thioether (sulfide) groups is 1. The summed E-state index contributed by atoms with van der Waals surface area (Å²) in [4.78, 5) is 27.0. The van der Waals surface area contributed by atoms with Gasteiger partial charge in [0, 0.05) is 30.7 Å². The molecule has 1 heterocycles. The van der Waals surface area contributed by atoms with E-state index in [2.05, 4.69) is 43.4 Å². The van der Waals surface area contributed by atoms with E-state index in [-0.39, 0.29) is 11.8 Å². The van der Waals surface area contributed by atoms with Crippen LogP contribution in [0.4, 0.5) is 0 Å². The van der Waals surface area contributed by atoms with Crippen LogP contribution in [0.1, 0.15) is 32.3 Å². The minimum Gasteiger partial charge on any atom is -0.378 e. The molecule has 0 aliphatic carbocycles. The number of carbonyl (C=O) groups is 2. The normalized spacial score (nSPS) is 16.1. The van der Waals surface area contributed by atoms with Crippen LogP contribution in [-0.4, -0.2) is 54.8 Å². The number of rotatable bonds is 6. The first-order chi connectivity index (χ1) is 11.5. The topological polar surface area (TPSA) is 58.6 Å². The Morgan fingerprint density at radius 2 is 1.83 bits per heavy atom. The van der Waals surface area contributed by atoms with E-state index in [4.69, 9.17) is 4.74 Å². The monoisotopic (exact) mass is 350 g/mol. The van der Waals surface area contributed by atoms with Gasteiger partial charge < -0.3 is 15.0 Å². The number of ether oxygens (including phenoxy) is 1. The number of morpholine rings is 1. The zero-order valence-electron chi connectivity index (χ0n) is 14.6. The lowest BCUT2D eigenvalue weighted by Gasteiger charge is -2.30. The van der Waals surface area contributed by atoms with Gasteiger partial charge in [0.2, 0.25) is 11.8 Å². The fourth-order valence-corrected chi connectivity index (χ4v) is 3.47. The van der Waals surface area contributed by atoms with Gasteiger partial charge in [-0.2, -0.15) is 0 Å². The molecule has 0 radical (unpaired) electrons. The Hall–Kier alpha value is -1.53. The van der Waals surface area contributed by atoms with Crippen molar-refractivity contribution in [1.82, 2.24) is 10.2 Å². The molecular weight excluding hydrogens is 324 g/mol. The summed E-state index contributed by atoms with van der Waals surface area (Å²) < 4.78 is 5.28. The zero-order valence-corrected chi connectivity index (χ0v) is 15.4. The van der Waals surface area contributed by atoms with Gasteiger partial charge in [0.1, 0.15) is 6.04 Å². The average molecular weight is 350 g/mol. The third-order valence-corrected chi connectivity index (χ3v) is 5.07. The van der Waals surface area contributed by atoms with Crippen LogP contribution in [0.15, 0.2) is 29.2 Å². The number of amides is 2. The van der Waals surface area contributed by atoms with Crippen LogP contribution in [0.2, 0.25) is 0 Å². The molecule has 0 saturated carbocycles. The summed E-state index contributed by atoms with van der Waals surface area (Å²) in [5.41, 5.74) is 1.29. The highest BCUT2D eigenvalue weighted by molar-refractivity contribution is 7.99. The van der Waals surface area contributed by atoms with E-state index >= 15 is 0 Å². The molecule has 1 saturated heterocycles. The van der Waals surface area contributed by atoms with E-state index < -0.39 is 6.04 Å². The molecule has 2 rings (SSSR count). The lowest BCUT2D eigenvalue weighted by molar-refractivity contribution is -0.138. The number of hydrogen-bond donors (Lipinski definition) is 1. The van der Waals surface area contributed by atoms with Gasteiger partial charge >= 0.3 is 0 Å². The zero-order chi connectivity index (χ0) is 17.5. The molecule has 6 heteroatoms. The highest BCUT2D eigenvalue weighted by Crippen LogP contribution is 2.23.